The van der Waals surface area contributed by atoms with Gasteiger partial charge in [0.1, 0.15) is 5.52 Å². The van der Waals surface area contributed by atoms with Crippen LogP contribution in [-0.2, 0) is 0 Å². The van der Waals surface area contributed by atoms with Gasteiger partial charge in [0, 0.05) is 6.04 Å². The summed E-state index contributed by atoms with van der Waals surface area (Å²) >= 11 is 5.25. The minimum absolute atomic E-state index is 0.0596. The van der Waals surface area contributed by atoms with Crippen LogP contribution in [0.2, 0.25) is 0 Å². The second-order valence-electron chi connectivity index (χ2n) is 5.26. The van der Waals surface area contributed by atoms with Crippen LogP contribution in [0, 0.1) is 16.4 Å². The molecule has 110 valence electrons. The minimum atomic E-state index is -0.835. The Morgan fingerprint density at radius 1 is 1.25 bits per heavy atom. The van der Waals surface area contributed by atoms with Gasteiger partial charge in [0.2, 0.25) is 0 Å². The van der Waals surface area contributed by atoms with E-state index in [1.54, 1.807) is 4.57 Å². The molecule has 1 atom stereocenters. The van der Waals surface area contributed by atoms with Crippen LogP contribution in [0.1, 0.15) is 52.0 Å². The van der Waals surface area contributed by atoms with E-state index < -0.39 is 11.6 Å². The van der Waals surface area contributed by atoms with Crippen LogP contribution < -0.4 is 0 Å². The summed E-state index contributed by atoms with van der Waals surface area (Å²) in [5.74, 6) is -1.66. The zero-order chi connectivity index (χ0) is 14.7. The first-order valence-electron chi connectivity index (χ1n) is 7.14. The maximum atomic E-state index is 14.0. The number of nitrogens with one attached hydrogen (secondary N) is 1. The van der Waals surface area contributed by atoms with Crippen LogP contribution in [0.4, 0.5) is 8.78 Å². The number of benzene rings is 1. The molecule has 1 unspecified atom stereocenters. The van der Waals surface area contributed by atoms with Crippen molar-refractivity contribution in [1.82, 2.24) is 9.55 Å². The van der Waals surface area contributed by atoms with Gasteiger partial charge in [-0.1, -0.05) is 32.6 Å². The van der Waals surface area contributed by atoms with Gasteiger partial charge in [0.05, 0.1) is 5.52 Å². The topological polar surface area (TPSA) is 20.7 Å². The number of fused-ring (bicyclic) bond motifs is 1. The Morgan fingerprint density at radius 2 is 2.00 bits per heavy atom. The molecule has 0 fully saturated rings. The number of aromatic nitrogens is 2. The van der Waals surface area contributed by atoms with E-state index in [1.165, 1.54) is 18.9 Å². The molecule has 0 spiro atoms. The summed E-state index contributed by atoms with van der Waals surface area (Å²) in [4.78, 5) is 2.95. The number of hydrogen-bond donors (Lipinski definition) is 1. The molecule has 0 aliphatic carbocycles. The van der Waals surface area contributed by atoms with E-state index in [1.807, 2.05) is 6.92 Å². The van der Waals surface area contributed by atoms with Crippen LogP contribution in [0.25, 0.3) is 11.0 Å². The van der Waals surface area contributed by atoms with Crippen molar-refractivity contribution in [1.29, 1.82) is 0 Å². The quantitative estimate of drug-likeness (QED) is 0.551. The molecular formula is C15H20F2N2S. The summed E-state index contributed by atoms with van der Waals surface area (Å²) in [6.07, 6.45) is 5.53. The van der Waals surface area contributed by atoms with E-state index in [2.05, 4.69) is 11.9 Å². The molecule has 0 bridgehead atoms. The summed E-state index contributed by atoms with van der Waals surface area (Å²) in [7, 11) is 0. The van der Waals surface area contributed by atoms with E-state index >= 15 is 0 Å². The Hall–Kier alpha value is -1.23. The van der Waals surface area contributed by atoms with Crippen molar-refractivity contribution in [3.8, 4) is 0 Å². The first-order chi connectivity index (χ1) is 9.56. The van der Waals surface area contributed by atoms with E-state index in [0.29, 0.717) is 10.3 Å². The molecule has 1 N–H and O–H groups in total. The summed E-state index contributed by atoms with van der Waals surface area (Å²) < 4.78 is 29.6. The van der Waals surface area contributed by atoms with Gasteiger partial charge in [-0.15, -0.1) is 0 Å². The molecule has 1 aromatic carbocycles. The monoisotopic (exact) mass is 298 g/mol. The minimum Gasteiger partial charge on any atom is -0.330 e. The number of rotatable bonds is 6. The van der Waals surface area contributed by atoms with Gasteiger partial charge in [-0.25, -0.2) is 8.78 Å². The van der Waals surface area contributed by atoms with Gasteiger partial charge in [-0.05, 0) is 37.7 Å². The maximum absolute atomic E-state index is 14.0. The Balaban J connectivity index is 2.31. The molecule has 2 nitrogen and oxygen atoms in total. The van der Waals surface area contributed by atoms with Crippen LogP contribution in [0.15, 0.2) is 12.1 Å². The third kappa shape index (κ3) is 2.92. The van der Waals surface area contributed by atoms with Crippen molar-refractivity contribution in [2.24, 2.45) is 0 Å². The lowest BCUT2D eigenvalue weighted by Gasteiger charge is -2.15. The third-order valence-corrected chi connectivity index (χ3v) is 3.99. The number of halogens is 2. The van der Waals surface area contributed by atoms with Crippen LogP contribution in [0.3, 0.4) is 0 Å². The maximum Gasteiger partial charge on any atom is 0.184 e. The first kappa shape index (κ1) is 15.2. The average molecular weight is 298 g/mol. The average Bonchev–Trinajstić information content (AvgIpc) is 2.76. The van der Waals surface area contributed by atoms with E-state index in [0.717, 1.165) is 25.3 Å². The summed E-state index contributed by atoms with van der Waals surface area (Å²) in [5, 5.41) is 0. The lowest BCUT2D eigenvalue weighted by atomic mass is 10.1. The highest BCUT2D eigenvalue weighted by atomic mass is 32.1. The number of nitrogens with zero attached hydrogens (tertiary/aromatic N) is 1. The van der Waals surface area contributed by atoms with Crippen molar-refractivity contribution >= 4 is 23.3 Å². The molecule has 1 heterocycles. The van der Waals surface area contributed by atoms with Gasteiger partial charge >= 0.3 is 0 Å². The molecule has 20 heavy (non-hydrogen) atoms. The first-order valence-corrected chi connectivity index (χ1v) is 7.55. The zero-order valence-corrected chi connectivity index (χ0v) is 12.7. The molecule has 5 heteroatoms. The Bertz CT molecular complexity index is 645. The molecule has 2 aromatic rings. The largest absolute Gasteiger partial charge is 0.330 e. The zero-order valence-electron chi connectivity index (χ0n) is 11.9. The fourth-order valence-corrected chi connectivity index (χ4v) is 2.95. The van der Waals surface area contributed by atoms with Crippen molar-refractivity contribution in [2.75, 3.05) is 0 Å². The molecule has 0 aliphatic rings. The second kappa shape index (κ2) is 6.48. The molecule has 0 amide bonds. The van der Waals surface area contributed by atoms with Crippen molar-refractivity contribution in [2.45, 2.75) is 52.0 Å². The van der Waals surface area contributed by atoms with Gasteiger partial charge in [-0.3, -0.25) is 0 Å². The second-order valence-corrected chi connectivity index (χ2v) is 5.64. The molecular weight excluding hydrogens is 278 g/mol. The van der Waals surface area contributed by atoms with E-state index in [-0.39, 0.29) is 11.6 Å². The van der Waals surface area contributed by atoms with Gasteiger partial charge in [-0.2, -0.15) is 0 Å². The van der Waals surface area contributed by atoms with Gasteiger partial charge in [0.25, 0.3) is 0 Å². The highest BCUT2D eigenvalue weighted by Crippen LogP contribution is 2.26. The number of imidazole rings is 1. The van der Waals surface area contributed by atoms with Crippen molar-refractivity contribution < 1.29 is 8.78 Å². The van der Waals surface area contributed by atoms with E-state index in [4.69, 9.17) is 12.2 Å². The van der Waals surface area contributed by atoms with Gasteiger partial charge < -0.3 is 9.55 Å². The fraction of sp³-hybridized carbons (Fsp3) is 0.533. The predicted molar refractivity (Wildman–Crippen MR) is 80.5 cm³/mol. The number of H-pyrrole nitrogens is 1. The molecule has 0 saturated heterocycles. The third-order valence-electron chi connectivity index (χ3n) is 3.69. The molecule has 1 aromatic heterocycles. The molecule has 0 radical (unpaired) electrons. The number of aromatic amines is 1. The standard InChI is InChI=1S/C15H20F2N2S/c1-3-4-5-6-7-10(2)19-14-12(18-15(19)20)9-8-11(16)13(14)17/h8-10H,3-7H2,1-2H3,(H,18,20). The lowest BCUT2D eigenvalue weighted by molar-refractivity contribution is 0.465. The Labute approximate surface area is 122 Å². The van der Waals surface area contributed by atoms with Crippen LogP contribution >= 0.6 is 12.2 Å². The summed E-state index contributed by atoms with van der Waals surface area (Å²) in [6, 6.07) is 2.72. The lowest BCUT2D eigenvalue weighted by Crippen LogP contribution is -2.06. The molecule has 0 aliphatic heterocycles. The summed E-state index contributed by atoms with van der Waals surface area (Å²) in [6.45, 7) is 4.16. The fourth-order valence-electron chi connectivity index (χ4n) is 2.57. The van der Waals surface area contributed by atoms with Crippen LogP contribution in [0.5, 0.6) is 0 Å². The normalized spacial score (nSPS) is 13.0. The SMILES string of the molecule is CCCCCCC(C)n1c(=S)[nH]c2ccc(F)c(F)c21. The molecule has 2 rings (SSSR count). The molecule has 0 saturated carbocycles. The van der Waals surface area contributed by atoms with E-state index in [9.17, 15) is 8.78 Å². The predicted octanol–water partition coefficient (Wildman–Crippen LogP) is 5.51. The van der Waals surface area contributed by atoms with Crippen molar-refractivity contribution in [3.63, 3.8) is 0 Å². The highest BCUT2D eigenvalue weighted by molar-refractivity contribution is 7.71. The van der Waals surface area contributed by atoms with Crippen LogP contribution in [-0.4, -0.2) is 9.55 Å². The Morgan fingerprint density at radius 3 is 2.70 bits per heavy atom. The smallest absolute Gasteiger partial charge is 0.184 e. The number of hydrogen-bond acceptors (Lipinski definition) is 1. The van der Waals surface area contributed by atoms with Crippen molar-refractivity contribution in [3.05, 3.63) is 28.5 Å². The highest BCUT2D eigenvalue weighted by Gasteiger charge is 2.17. The van der Waals surface area contributed by atoms with Gasteiger partial charge in [0.15, 0.2) is 16.4 Å². The summed E-state index contributed by atoms with van der Waals surface area (Å²) in [5.41, 5.74) is 0.798. The Kier molecular flexibility index (Phi) is 4.91. The number of unbranched alkanes of at least 4 members (excludes halogenated alkanes) is 3.